The fraction of sp³-hybridized carbons (Fsp3) is 0.406. The highest BCUT2D eigenvalue weighted by molar-refractivity contribution is 6.09. The number of hydrogen-bond acceptors (Lipinski definition) is 8. The summed E-state index contributed by atoms with van der Waals surface area (Å²) >= 11 is 0. The van der Waals surface area contributed by atoms with Crippen molar-refractivity contribution >= 4 is 23.2 Å². The summed E-state index contributed by atoms with van der Waals surface area (Å²) in [6, 6.07) is 15.9. The van der Waals surface area contributed by atoms with E-state index in [4.69, 9.17) is 23.9 Å². The largest absolute Gasteiger partial charge is 0.497 e. The van der Waals surface area contributed by atoms with E-state index >= 15 is 0 Å². The zero-order chi connectivity index (χ0) is 28.8. The molecule has 0 bridgehead atoms. The lowest BCUT2D eigenvalue weighted by Gasteiger charge is -2.29. The van der Waals surface area contributed by atoms with Crippen LogP contribution in [0.25, 0.3) is 11.1 Å². The standard InChI is InChI=1S/C32H38N4O5/c1-4-41-32(37)27-19-26(21-8-11-24(12-9-21)36-14-16-40-17-15-36)29(30(33)22-6-5-7-22)31(35-27)34-20-23-10-13-25(38-2)18-28(23)39-3/h8-13,18-19,22,33H,4-7,14-17,20H2,1-3H3,(H,34,35)/p+1. The molecule has 0 amide bonds. The molecule has 5 rings (SSSR count). The molecule has 0 unspecified atom stereocenters. The van der Waals surface area contributed by atoms with E-state index in [0.29, 0.717) is 29.6 Å². The minimum absolute atomic E-state index is 0.180. The normalized spacial score (nSPS) is 15.2. The van der Waals surface area contributed by atoms with Crippen LogP contribution in [0.1, 0.15) is 47.8 Å². The van der Waals surface area contributed by atoms with E-state index in [1.165, 1.54) is 0 Å². The molecular formula is C32H39N4O5+. The third-order valence-electron chi connectivity index (χ3n) is 7.88. The first-order chi connectivity index (χ1) is 20.0. The summed E-state index contributed by atoms with van der Waals surface area (Å²) in [5, 5.41) is 11.2. The Kier molecular flexibility index (Phi) is 9.16. The SMILES string of the molecule is CCOC(=O)c1cc(-c2ccc(N3CCOCC3)cc2)c(C(=N)C2CCC2)c([NH2+]Cc2ccc(OC)cc2OC)n1. The number of anilines is 1. The first-order valence-corrected chi connectivity index (χ1v) is 14.3. The van der Waals surface area contributed by atoms with E-state index in [1.807, 2.05) is 23.5 Å². The van der Waals surface area contributed by atoms with E-state index < -0.39 is 5.97 Å². The van der Waals surface area contributed by atoms with Gasteiger partial charge in [0, 0.05) is 41.9 Å². The van der Waals surface area contributed by atoms with Gasteiger partial charge in [0.05, 0.1) is 45.3 Å². The fourth-order valence-electron chi connectivity index (χ4n) is 5.33. The van der Waals surface area contributed by atoms with Crippen molar-refractivity contribution in [1.82, 2.24) is 4.98 Å². The average molecular weight is 560 g/mol. The van der Waals surface area contributed by atoms with Crippen molar-refractivity contribution in [3.63, 3.8) is 0 Å². The van der Waals surface area contributed by atoms with Crippen LogP contribution in [0.5, 0.6) is 11.5 Å². The van der Waals surface area contributed by atoms with E-state index in [1.54, 1.807) is 27.2 Å². The number of carbonyl (C=O) groups excluding carboxylic acids is 1. The monoisotopic (exact) mass is 559 g/mol. The lowest BCUT2D eigenvalue weighted by Crippen LogP contribution is -2.77. The number of methoxy groups -OCH3 is 2. The molecule has 2 fully saturated rings. The van der Waals surface area contributed by atoms with Crippen LogP contribution in [0.3, 0.4) is 0 Å². The van der Waals surface area contributed by atoms with E-state index in [-0.39, 0.29) is 18.2 Å². The van der Waals surface area contributed by atoms with Crippen LogP contribution < -0.4 is 19.7 Å². The van der Waals surface area contributed by atoms with Gasteiger partial charge in [0.2, 0.25) is 5.82 Å². The van der Waals surface area contributed by atoms with Gasteiger partial charge >= 0.3 is 5.97 Å². The molecule has 1 saturated carbocycles. The second-order valence-corrected chi connectivity index (χ2v) is 10.3. The van der Waals surface area contributed by atoms with Gasteiger partial charge in [0.15, 0.2) is 5.69 Å². The number of quaternary nitrogens is 1. The molecule has 2 aliphatic rings. The summed E-state index contributed by atoms with van der Waals surface area (Å²) in [4.78, 5) is 20.0. The maximum absolute atomic E-state index is 13.0. The summed E-state index contributed by atoms with van der Waals surface area (Å²) in [7, 11) is 3.26. The van der Waals surface area contributed by atoms with Crippen molar-refractivity contribution in [1.29, 1.82) is 5.41 Å². The minimum Gasteiger partial charge on any atom is -0.497 e. The number of rotatable bonds is 11. The topological polar surface area (TPSA) is 111 Å². The van der Waals surface area contributed by atoms with Crippen molar-refractivity contribution in [3.05, 3.63) is 65.4 Å². The van der Waals surface area contributed by atoms with Crippen LogP contribution in [0, 0.1) is 11.3 Å². The van der Waals surface area contributed by atoms with Crippen molar-refractivity contribution in [3.8, 4) is 22.6 Å². The highest BCUT2D eigenvalue weighted by atomic mass is 16.5. The summed E-state index contributed by atoms with van der Waals surface area (Å²) < 4.78 is 21.8. The Morgan fingerprint density at radius 3 is 2.46 bits per heavy atom. The molecule has 1 aliphatic heterocycles. The maximum atomic E-state index is 13.0. The van der Waals surface area contributed by atoms with Gasteiger partial charge in [-0.3, -0.25) is 5.32 Å². The third kappa shape index (κ3) is 6.36. The Labute approximate surface area is 241 Å². The van der Waals surface area contributed by atoms with E-state index in [2.05, 4.69) is 29.2 Å². The van der Waals surface area contributed by atoms with Gasteiger partial charge in [-0.2, -0.15) is 4.98 Å². The summed E-state index contributed by atoms with van der Waals surface area (Å²) in [5.41, 5.74) is 5.41. The van der Waals surface area contributed by atoms with Crippen molar-refractivity contribution in [2.45, 2.75) is 32.7 Å². The molecule has 9 heteroatoms. The highest BCUT2D eigenvalue weighted by Gasteiger charge is 2.31. The number of nitrogens with two attached hydrogens (primary N) is 1. The predicted octanol–water partition coefficient (Wildman–Crippen LogP) is 4.34. The number of esters is 1. The van der Waals surface area contributed by atoms with Crippen molar-refractivity contribution in [2.75, 3.05) is 52.0 Å². The van der Waals surface area contributed by atoms with Crippen LogP contribution in [0.2, 0.25) is 0 Å². The number of aromatic nitrogens is 1. The Balaban J connectivity index is 1.57. The van der Waals surface area contributed by atoms with Crippen LogP contribution in [0.15, 0.2) is 48.5 Å². The van der Waals surface area contributed by atoms with E-state index in [0.717, 1.165) is 73.5 Å². The number of hydrogen-bond donors (Lipinski definition) is 2. The smallest absolute Gasteiger partial charge is 0.357 e. The lowest BCUT2D eigenvalue weighted by molar-refractivity contribution is -0.592. The second kappa shape index (κ2) is 13.1. The molecule has 0 spiro atoms. The zero-order valence-corrected chi connectivity index (χ0v) is 24.1. The maximum Gasteiger partial charge on any atom is 0.357 e. The number of nitrogens with zero attached hydrogens (tertiary/aromatic N) is 2. The summed E-state index contributed by atoms with van der Waals surface area (Å²) in [5.74, 6) is 1.73. The van der Waals surface area contributed by atoms with Crippen molar-refractivity contribution < 1.29 is 29.1 Å². The molecule has 41 heavy (non-hydrogen) atoms. The second-order valence-electron chi connectivity index (χ2n) is 10.3. The molecule has 3 N–H and O–H groups in total. The molecular weight excluding hydrogens is 520 g/mol. The molecule has 216 valence electrons. The molecule has 0 atom stereocenters. The van der Waals surface area contributed by atoms with Crippen molar-refractivity contribution in [2.24, 2.45) is 5.92 Å². The van der Waals surface area contributed by atoms with Gasteiger partial charge in [0.1, 0.15) is 18.0 Å². The first kappa shape index (κ1) is 28.6. The number of ether oxygens (including phenoxy) is 4. The number of carbonyl (C=O) groups is 1. The van der Waals surface area contributed by atoms with Gasteiger partial charge in [-0.1, -0.05) is 18.6 Å². The Morgan fingerprint density at radius 2 is 1.83 bits per heavy atom. The number of benzene rings is 2. The molecule has 1 saturated heterocycles. The average Bonchev–Trinajstić information content (AvgIpc) is 2.99. The van der Waals surface area contributed by atoms with Gasteiger partial charge in [-0.25, -0.2) is 4.79 Å². The highest BCUT2D eigenvalue weighted by Crippen LogP contribution is 2.36. The van der Waals surface area contributed by atoms with Crippen LogP contribution >= 0.6 is 0 Å². The Bertz CT molecular complexity index is 1380. The quantitative estimate of drug-likeness (QED) is 0.266. The lowest BCUT2D eigenvalue weighted by atomic mass is 9.78. The molecule has 2 heterocycles. The number of morpholine rings is 1. The van der Waals surface area contributed by atoms with Crippen LogP contribution in [-0.4, -0.2) is 63.8 Å². The Hall–Kier alpha value is -3.95. The number of pyridine rings is 1. The molecule has 3 aromatic rings. The molecule has 9 nitrogen and oxygen atoms in total. The van der Waals surface area contributed by atoms with Gasteiger partial charge in [-0.15, -0.1) is 0 Å². The summed E-state index contributed by atoms with van der Waals surface area (Å²) in [6.07, 6.45) is 3.09. The molecule has 1 aromatic heterocycles. The number of nitrogens with one attached hydrogen (secondary N) is 1. The van der Waals surface area contributed by atoms with E-state index in [9.17, 15) is 10.2 Å². The molecule has 2 aromatic carbocycles. The third-order valence-corrected chi connectivity index (χ3v) is 7.88. The van der Waals surface area contributed by atoms with Crippen LogP contribution in [-0.2, 0) is 16.0 Å². The Morgan fingerprint density at radius 1 is 1.07 bits per heavy atom. The zero-order valence-electron chi connectivity index (χ0n) is 24.1. The van der Waals surface area contributed by atoms with Gasteiger partial charge < -0.3 is 29.3 Å². The molecule has 0 radical (unpaired) electrons. The predicted molar refractivity (Wildman–Crippen MR) is 158 cm³/mol. The molecule has 1 aliphatic carbocycles. The van der Waals surface area contributed by atoms with Gasteiger partial charge in [0.25, 0.3) is 0 Å². The van der Waals surface area contributed by atoms with Crippen LogP contribution in [0.4, 0.5) is 11.5 Å². The fourth-order valence-corrected chi connectivity index (χ4v) is 5.33. The van der Waals surface area contributed by atoms with Gasteiger partial charge in [-0.05, 0) is 55.7 Å². The first-order valence-electron chi connectivity index (χ1n) is 14.3. The summed E-state index contributed by atoms with van der Waals surface area (Å²) in [6.45, 7) is 5.69. The minimum atomic E-state index is -0.475.